The average Bonchev–Trinajstić information content (AvgIpc) is 2.46. The molecule has 0 atom stereocenters. The van der Waals surface area contributed by atoms with Crippen molar-refractivity contribution in [3.8, 4) is 0 Å². The van der Waals surface area contributed by atoms with E-state index < -0.39 is 11.2 Å². The van der Waals surface area contributed by atoms with E-state index in [4.69, 9.17) is 4.65 Å². The number of nitrogens with zero attached hydrogens (tertiary/aromatic N) is 2. The second-order valence-corrected chi connectivity index (χ2v) is 4.75. The molecule has 0 aliphatic rings. The van der Waals surface area contributed by atoms with Crippen LogP contribution in [0.3, 0.4) is 0 Å². The molecule has 83 valence electrons. The van der Waals surface area contributed by atoms with Crippen LogP contribution in [0, 0.1) is 0 Å². The molecule has 4 nitrogen and oxygen atoms in total. The van der Waals surface area contributed by atoms with Gasteiger partial charge in [-0.3, -0.25) is 4.68 Å². The summed E-state index contributed by atoms with van der Waals surface area (Å²) in [6, 6.07) is 0. The Morgan fingerprint density at radius 3 is 2.40 bits per heavy atom. The Morgan fingerprint density at radius 2 is 2.00 bits per heavy atom. The molecule has 0 aromatic carbocycles. The van der Waals surface area contributed by atoms with Crippen LogP contribution in [0.4, 0.5) is 0 Å². The molecule has 0 fully saturated rings. The molecule has 0 aliphatic carbocycles. The lowest BCUT2D eigenvalue weighted by molar-refractivity contribution is -0.0893. The Bertz CT molecular complexity index is 328. The minimum absolute atomic E-state index is 0.636. The minimum Gasteiger partial charge on any atom is -0.427 e. The largest absolute Gasteiger partial charge is 0.427 e. The predicted octanol–water partition coefficient (Wildman–Crippen LogP) is 0.231. The fraction of sp³-hybridized carbons (Fsp3) is 0.700. The zero-order valence-corrected chi connectivity index (χ0v) is 9.98. The van der Waals surface area contributed by atoms with Crippen LogP contribution in [0.2, 0.25) is 0 Å². The number of hydrogen-bond donors (Lipinski definition) is 1. The van der Waals surface area contributed by atoms with Crippen molar-refractivity contribution in [2.45, 2.75) is 38.9 Å². The highest BCUT2D eigenvalue weighted by molar-refractivity contribution is 6.46. The second kappa shape index (κ2) is 3.98. The third-order valence-electron chi connectivity index (χ3n) is 2.69. The highest BCUT2D eigenvalue weighted by atomic mass is 16.5. The van der Waals surface area contributed by atoms with Gasteiger partial charge in [0.05, 0.1) is 11.2 Å². The topological polar surface area (TPSA) is 47.3 Å². The molecule has 0 saturated carbocycles. The van der Waals surface area contributed by atoms with E-state index in [2.05, 4.69) is 5.10 Å². The molecule has 5 heteroatoms. The van der Waals surface area contributed by atoms with Gasteiger partial charge in [0.1, 0.15) is 0 Å². The molecular formula is C10H18BN2O2. The number of rotatable bonds is 4. The molecule has 0 amide bonds. The lowest BCUT2D eigenvalue weighted by Gasteiger charge is -2.37. The summed E-state index contributed by atoms with van der Waals surface area (Å²) in [5.41, 5.74) is -0.649. The van der Waals surface area contributed by atoms with Gasteiger partial charge in [-0.05, 0) is 33.2 Å². The van der Waals surface area contributed by atoms with Crippen molar-refractivity contribution in [3.63, 3.8) is 0 Å². The van der Waals surface area contributed by atoms with Gasteiger partial charge in [-0.15, -0.1) is 0 Å². The van der Waals surface area contributed by atoms with Gasteiger partial charge < -0.3 is 9.76 Å². The van der Waals surface area contributed by atoms with Crippen LogP contribution < -0.4 is 5.46 Å². The van der Waals surface area contributed by atoms with Crippen LogP contribution in [0.25, 0.3) is 0 Å². The van der Waals surface area contributed by atoms with E-state index in [-0.39, 0.29) is 0 Å². The van der Waals surface area contributed by atoms with E-state index in [1.165, 1.54) is 0 Å². The Morgan fingerprint density at radius 1 is 1.40 bits per heavy atom. The van der Waals surface area contributed by atoms with Crippen molar-refractivity contribution in [1.29, 1.82) is 0 Å². The van der Waals surface area contributed by atoms with Crippen molar-refractivity contribution in [3.05, 3.63) is 12.4 Å². The Kier molecular flexibility index (Phi) is 3.26. The van der Waals surface area contributed by atoms with Gasteiger partial charge in [-0.2, -0.15) is 5.10 Å². The van der Waals surface area contributed by atoms with Crippen LogP contribution in [0.1, 0.15) is 27.7 Å². The lowest BCUT2D eigenvalue weighted by Crippen LogP contribution is -2.49. The molecule has 1 rings (SSSR count). The highest BCUT2D eigenvalue weighted by Crippen LogP contribution is 2.24. The van der Waals surface area contributed by atoms with Gasteiger partial charge in [0.15, 0.2) is 0 Å². The Hall–Kier alpha value is -0.805. The van der Waals surface area contributed by atoms with Gasteiger partial charge >= 0.3 is 7.48 Å². The summed E-state index contributed by atoms with van der Waals surface area (Å²) in [7, 11) is 3.46. The minimum atomic E-state index is -0.897. The van der Waals surface area contributed by atoms with E-state index in [0.717, 1.165) is 5.46 Å². The van der Waals surface area contributed by atoms with Crippen molar-refractivity contribution < 1.29 is 9.76 Å². The first kappa shape index (κ1) is 12.3. The van der Waals surface area contributed by atoms with Crippen LogP contribution in [0.15, 0.2) is 12.4 Å². The molecule has 0 unspecified atom stereocenters. The van der Waals surface area contributed by atoms with Crippen molar-refractivity contribution in [1.82, 2.24) is 9.78 Å². The summed E-state index contributed by atoms with van der Waals surface area (Å²) in [6.45, 7) is 7.15. The summed E-state index contributed by atoms with van der Waals surface area (Å²) in [5, 5.41) is 13.9. The second-order valence-electron chi connectivity index (χ2n) is 4.75. The molecule has 0 saturated heterocycles. The molecule has 0 aliphatic heterocycles. The summed E-state index contributed by atoms with van der Waals surface area (Å²) in [6.07, 6.45) is 3.56. The highest BCUT2D eigenvalue weighted by Gasteiger charge is 2.35. The summed E-state index contributed by atoms with van der Waals surface area (Å²) in [4.78, 5) is 0. The molecule has 1 heterocycles. The molecule has 1 radical (unpaired) electrons. The molecule has 0 bridgehead atoms. The van der Waals surface area contributed by atoms with Gasteiger partial charge in [0.25, 0.3) is 0 Å². The number of hydrogen-bond acceptors (Lipinski definition) is 3. The smallest absolute Gasteiger partial charge is 0.334 e. The molecule has 1 aromatic heterocycles. The normalized spacial score (nSPS) is 12.9. The van der Waals surface area contributed by atoms with Gasteiger partial charge in [-0.1, -0.05) is 0 Å². The van der Waals surface area contributed by atoms with Crippen LogP contribution in [-0.2, 0) is 11.7 Å². The van der Waals surface area contributed by atoms with Crippen molar-refractivity contribution in [2.24, 2.45) is 7.05 Å². The quantitative estimate of drug-likeness (QED) is 0.722. The van der Waals surface area contributed by atoms with E-state index in [9.17, 15) is 5.11 Å². The zero-order valence-electron chi connectivity index (χ0n) is 9.98. The van der Waals surface area contributed by atoms with Gasteiger partial charge in [0.2, 0.25) is 0 Å². The molecular weight excluding hydrogens is 191 g/mol. The molecule has 0 spiro atoms. The monoisotopic (exact) mass is 209 g/mol. The summed E-state index contributed by atoms with van der Waals surface area (Å²) in [5.74, 6) is 0. The lowest BCUT2D eigenvalue weighted by atomic mass is 9.84. The molecule has 1 aromatic rings. The molecule has 15 heavy (non-hydrogen) atoms. The number of aromatic nitrogens is 2. The van der Waals surface area contributed by atoms with Gasteiger partial charge in [-0.25, -0.2) is 0 Å². The fourth-order valence-electron chi connectivity index (χ4n) is 0.861. The van der Waals surface area contributed by atoms with Crippen molar-refractivity contribution in [2.75, 3.05) is 0 Å². The van der Waals surface area contributed by atoms with E-state index in [1.54, 1.807) is 32.2 Å². The maximum atomic E-state index is 9.86. The number of aliphatic hydroxyl groups is 1. The third-order valence-corrected chi connectivity index (χ3v) is 2.69. The van der Waals surface area contributed by atoms with Crippen LogP contribution in [-0.4, -0.2) is 33.6 Å². The zero-order chi connectivity index (χ0) is 11.7. The first-order valence-electron chi connectivity index (χ1n) is 4.94. The first-order chi connectivity index (χ1) is 6.72. The fourth-order valence-corrected chi connectivity index (χ4v) is 0.861. The summed E-state index contributed by atoms with van der Waals surface area (Å²) >= 11 is 0. The van der Waals surface area contributed by atoms with E-state index in [1.807, 2.05) is 27.1 Å². The molecule has 1 N–H and O–H groups in total. The van der Waals surface area contributed by atoms with E-state index >= 15 is 0 Å². The Balaban J connectivity index is 2.57. The Labute approximate surface area is 91.5 Å². The maximum absolute atomic E-state index is 9.86. The van der Waals surface area contributed by atoms with Crippen molar-refractivity contribution >= 4 is 12.9 Å². The first-order valence-corrected chi connectivity index (χ1v) is 4.94. The number of aryl methyl sites for hydroxylation is 1. The SMILES string of the molecule is Cn1cc([B]OC(C)(C)C(C)(C)O)cn1. The standard InChI is InChI=1S/C10H18BN2O2/c1-9(2,14)10(3,4)15-11-8-6-12-13(5)7-8/h6-7,14H,1-5H3. The summed E-state index contributed by atoms with van der Waals surface area (Å²) < 4.78 is 7.27. The predicted molar refractivity (Wildman–Crippen MR) is 60.1 cm³/mol. The van der Waals surface area contributed by atoms with Gasteiger partial charge in [0, 0.05) is 19.4 Å². The average molecular weight is 209 g/mol. The van der Waals surface area contributed by atoms with E-state index in [0.29, 0.717) is 0 Å². The third kappa shape index (κ3) is 3.07. The van der Waals surface area contributed by atoms with Crippen LogP contribution >= 0.6 is 0 Å². The van der Waals surface area contributed by atoms with Crippen LogP contribution in [0.5, 0.6) is 0 Å². The maximum Gasteiger partial charge on any atom is 0.334 e.